The van der Waals surface area contributed by atoms with E-state index in [1.807, 2.05) is 12.1 Å². The largest absolute Gasteiger partial charge is 0.337 e. The summed E-state index contributed by atoms with van der Waals surface area (Å²) >= 11 is 5.86. The zero-order valence-electron chi connectivity index (χ0n) is 13.1. The highest BCUT2D eigenvalue weighted by Gasteiger charge is 2.13. The average molecular weight is 499 g/mol. The van der Waals surface area contributed by atoms with Crippen molar-refractivity contribution in [1.29, 1.82) is 0 Å². The fourth-order valence-corrected chi connectivity index (χ4v) is 4.15. The van der Waals surface area contributed by atoms with E-state index in [9.17, 15) is 0 Å². The van der Waals surface area contributed by atoms with E-state index in [0.717, 1.165) is 26.9 Å². The molecule has 0 unspecified atom stereocenters. The third kappa shape index (κ3) is 2.47. The first-order valence-electron chi connectivity index (χ1n) is 7.96. The van der Waals surface area contributed by atoms with Gasteiger partial charge in [0.2, 0.25) is 0 Å². The van der Waals surface area contributed by atoms with Crippen LogP contribution in [0.5, 0.6) is 0 Å². The first-order valence-corrected chi connectivity index (χ1v) is 9.83. The molecule has 1 N–H and O–H groups in total. The van der Waals surface area contributed by atoms with Crippen molar-refractivity contribution in [3.8, 4) is 11.4 Å². The van der Waals surface area contributed by atoms with Gasteiger partial charge in [-0.15, -0.1) is 0 Å². The first kappa shape index (κ1) is 15.3. The Balaban J connectivity index is 1.94. The van der Waals surface area contributed by atoms with Gasteiger partial charge in [-0.3, -0.25) is 0 Å². The third-order valence-corrected chi connectivity index (χ3v) is 5.74. The van der Waals surface area contributed by atoms with Gasteiger partial charge in [-0.1, -0.05) is 58.4 Å². The number of hydrogen-bond donors (Lipinski definition) is 1. The van der Waals surface area contributed by atoms with Crippen LogP contribution in [-0.4, -0.2) is 9.97 Å². The van der Waals surface area contributed by atoms with Crippen molar-refractivity contribution in [2.75, 3.05) is 0 Å². The quantitative estimate of drug-likeness (QED) is 0.197. The Morgan fingerprint density at radius 1 is 0.800 bits per heavy atom. The van der Waals surface area contributed by atoms with Crippen molar-refractivity contribution in [2.24, 2.45) is 0 Å². The molecule has 0 amide bonds. The van der Waals surface area contributed by atoms with Crippen LogP contribution in [0.15, 0.2) is 71.2 Å². The summed E-state index contributed by atoms with van der Waals surface area (Å²) in [5.41, 5.74) is 3.22. The number of benzene rings is 4. The number of imidazole rings is 1. The standard InChI is InChI=1S/C21H12BrIN2/c22-13-7-5-12(6-8-13)21-24-19-17-4-2-1-3-15(17)16-10-9-14(23)11-18(16)20(19)25-21/h1-11H,(H,24,25). The van der Waals surface area contributed by atoms with Crippen LogP contribution in [0, 0.1) is 3.57 Å². The predicted octanol–water partition coefficient (Wildman–Crippen LogP) is 6.90. The lowest BCUT2D eigenvalue weighted by Gasteiger charge is -2.06. The minimum atomic E-state index is 0.902. The molecule has 0 saturated heterocycles. The maximum atomic E-state index is 4.96. The fourth-order valence-electron chi connectivity index (χ4n) is 3.39. The summed E-state index contributed by atoms with van der Waals surface area (Å²) in [7, 11) is 0. The van der Waals surface area contributed by atoms with Crippen molar-refractivity contribution < 1.29 is 0 Å². The number of nitrogens with zero attached hydrogens (tertiary/aromatic N) is 1. The molecule has 2 nitrogen and oxygen atoms in total. The highest BCUT2D eigenvalue weighted by molar-refractivity contribution is 14.1. The summed E-state index contributed by atoms with van der Waals surface area (Å²) in [5.74, 6) is 0.902. The van der Waals surface area contributed by atoms with Crippen molar-refractivity contribution in [3.63, 3.8) is 0 Å². The minimum Gasteiger partial charge on any atom is -0.337 e. The molecular formula is C21H12BrIN2. The Labute approximate surface area is 166 Å². The number of fused-ring (bicyclic) bond motifs is 6. The van der Waals surface area contributed by atoms with Gasteiger partial charge in [-0.05, 0) is 57.6 Å². The van der Waals surface area contributed by atoms with Crippen LogP contribution < -0.4 is 0 Å². The topological polar surface area (TPSA) is 28.7 Å². The molecule has 0 fully saturated rings. The Bertz CT molecular complexity index is 1260. The highest BCUT2D eigenvalue weighted by atomic mass is 127. The molecule has 4 heteroatoms. The van der Waals surface area contributed by atoms with Gasteiger partial charge in [-0.25, -0.2) is 4.98 Å². The number of halogens is 2. The van der Waals surface area contributed by atoms with Gasteiger partial charge >= 0.3 is 0 Å². The van der Waals surface area contributed by atoms with E-state index in [2.05, 4.69) is 98.1 Å². The van der Waals surface area contributed by atoms with Crippen LogP contribution in [0.2, 0.25) is 0 Å². The molecule has 5 aromatic rings. The Hall–Kier alpha value is -1.92. The second-order valence-electron chi connectivity index (χ2n) is 6.05. The van der Waals surface area contributed by atoms with Crippen LogP contribution in [0.25, 0.3) is 44.0 Å². The average Bonchev–Trinajstić information content (AvgIpc) is 3.08. The lowest BCUT2D eigenvalue weighted by molar-refractivity contribution is 1.34. The van der Waals surface area contributed by atoms with E-state index < -0.39 is 0 Å². The fraction of sp³-hybridized carbons (Fsp3) is 0. The van der Waals surface area contributed by atoms with Crippen LogP contribution in [0.4, 0.5) is 0 Å². The zero-order chi connectivity index (χ0) is 17.0. The lowest BCUT2D eigenvalue weighted by atomic mass is 10.0. The number of nitrogens with one attached hydrogen (secondary N) is 1. The molecule has 0 aliphatic carbocycles. The van der Waals surface area contributed by atoms with Crippen molar-refractivity contribution in [1.82, 2.24) is 9.97 Å². The second-order valence-corrected chi connectivity index (χ2v) is 8.21. The minimum absolute atomic E-state index is 0.902. The van der Waals surface area contributed by atoms with Gasteiger partial charge in [0.1, 0.15) is 5.82 Å². The van der Waals surface area contributed by atoms with Crippen LogP contribution >= 0.6 is 38.5 Å². The molecular weight excluding hydrogens is 487 g/mol. The molecule has 0 radical (unpaired) electrons. The molecule has 0 saturated carbocycles. The molecule has 1 aromatic heterocycles. The predicted molar refractivity (Wildman–Crippen MR) is 117 cm³/mol. The Kier molecular flexibility index (Phi) is 3.57. The third-order valence-electron chi connectivity index (χ3n) is 4.54. The molecule has 0 aliphatic rings. The molecule has 1 heterocycles. The van der Waals surface area contributed by atoms with Gasteiger partial charge in [0.05, 0.1) is 11.0 Å². The first-order chi connectivity index (χ1) is 12.2. The number of hydrogen-bond acceptors (Lipinski definition) is 1. The highest BCUT2D eigenvalue weighted by Crippen LogP contribution is 2.36. The SMILES string of the molecule is Brc1ccc(-c2nc3c4cc(I)ccc4c4ccccc4c3[nH]2)cc1. The van der Waals surface area contributed by atoms with Crippen molar-refractivity contribution in [2.45, 2.75) is 0 Å². The summed E-state index contributed by atoms with van der Waals surface area (Å²) in [6, 6.07) is 23.4. The van der Waals surface area contributed by atoms with E-state index >= 15 is 0 Å². The molecule has 0 spiro atoms. The number of rotatable bonds is 1. The monoisotopic (exact) mass is 498 g/mol. The lowest BCUT2D eigenvalue weighted by Crippen LogP contribution is -1.83. The van der Waals surface area contributed by atoms with Crippen molar-refractivity contribution >= 4 is 71.1 Å². The summed E-state index contributed by atoms with van der Waals surface area (Å²) in [4.78, 5) is 8.51. The molecule has 5 rings (SSSR count). The summed E-state index contributed by atoms with van der Waals surface area (Å²) in [5, 5.41) is 4.91. The Morgan fingerprint density at radius 2 is 1.52 bits per heavy atom. The molecule has 0 atom stereocenters. The zero-order valence-corrected chi connectivity index (χ0v) is 16.8. The summed E-state index contributed by atoms with van der Waals surface area (Å²) in [6.45, 7) is 0. The molecule has 4 aromatic carbocycles. The van der Waals surface area contributed by atoms with E-state index in [-0.39, 0.29) is 0 Å². The van der Waals surface area contributed by atoms with E-state index in [1.54, 1.807) is 0 Å². The normalized spacial score (nSPS) is 11.6. The Morgan fingerprint density at radius 3 is 2.32 bits per heavy atom. The maximum absolute atomic E-state index is 4.96. The van der Waals surface area contributed by atoms with Crippen molar-refractivity contribution in [3.05, 3.63) is 74.8 Å². The molecule has 120 valence electrons. The van der Waals surface area contributed by atoms with Gasteiger partial charge in [-0.2, -0.15) is 0 Å². The molecule has 0 bridgehead atoms. The van der Waals surface area contributed by atoms with E-state index in [4.69, 9.17) is 4.98 Å². The van der Waals surface area contributed by atoms with Crippen LogP contribution in [0.1, 0.15) is 0 Å². The second kappa shape index (κ2) is 5.81. The van der Waals surface area contributed by atoms with Gasteiger partial charge < -0.3 is 4.98 Å². The van der Waals surface area contributed by atoms with E-state index in [1.165, 1.54) is 25.1 Å². The number of H-pyrrole nitrogens is 1. The van der Waals surface area contributed by atoms with Crippen LogP contribution in [0.3, 0.4) is 0 Å². The van der Waals surface area contributed by atoms with Crippen LogP contribution in [-0.2, 0) is 0 Å². The van der Waals surface area contributed by atoms with E-state index in [0.29, 0.717) is 0 Å². The van der Waals surface area contributed by atoms with Gasteiger partial charge in [0.25, 0.3) is 0 Å². The maximum Gasteiger partial charge on any atom is 0.138 e. The number of aromatic nitrogens is 2. The number of aromatic amines is 1. The smallest absolute Gasteiger partial charge is 0.138 e. The summed E-state index contributed by atoms with van der Waals surface area (Å²) < 4.78 is 2.28. The molecule has 25 heavy (non-hydrogen) atoms. The molecule has 0 aliphatic heterocycles. The van der Waals surface area contributed by atoms with Gasteiger partial charge in [0.15, 0.2) is 0 Å². The van der Waals surface area contributed by atoms with Gasteiger partial charge in [0, 0.05) is 24.4 Å². The summed E-state index contributed by atoms with van der Waals surface area (Å²) in [6.07, 6.45) is 0.